The highest BCUT2D eigenvalue weighted by molar-refractivity contribution is 7.16. The van der Waals surface area contributed by atoms with Crippen LogP contribution in [0.3, 0.4) is 0 Å². The van der Waals surface area contributed by atoms with Gasteiger partial charge in [-0.15, -0.1) is 11.3 Å². The molecular weight excluding hydrogens is 363 g/mol. The van der Waals surface area contributed by atoms with Gasteiger partial charge in [-0.05, 0) is 37.8 Å². The summed E-state index contributed by atoms with van der Waals surface area (Å²) in [5.74, 6) is -0.719. The van der Waals surface area contributed by atoms with Crippen molar-refractivity contribution in [3.8, 4) is 0 Å². The van der Waals surface area contributed by atoms with Gasteiger partial charge in [-0.1, -0.05) is 11.6 Å². The first-order chi connectivity index (χ1) is 11.3. The lowest BCUT2D eigenvalue weighted by molar-refractivity contribution is -0.182. The number of aliphatic imine (C=N–C) groups is 1. The number of hydrogen-bond acceptors (Lipinski definition) is 3. The van der Waals surface area contributed by atoms with Gasteiger partial charge in [-0.25, -0.2) is 0 Å². The smallest absolute Gasteiger partial charge is 0.386 e. The molecule has 0 radical (unpaired) electrons. The molecule has 24 heavy (non-hydrogen) atoms. The fraction of sp³-hybridized carbons (Fsp3) is 0.667. The summed E-state index contributed by atoms with van der Waals surface area (Å²) < 4.78 is 38.6. The molecule has 1 unspecified atom stereocenters. The van der Waals surface area contributed by atoms with E-state index >= 15 is 0 Å². The van der Waals surface area contributed by atoms with Crippen LogP contribution in [-0.2, 0) is 0 Å². The van der Waals surface area contributed by atoms with Crippen molar-refractivity contribution in [2.45, 2.75) is 44.0 Å². The molecular formula is C15H21ClF3N3OS. The van der Waals surface area contributed by atoms with E-state index in [-0.39, 0.29) is 25.4 Å². The summed E-state index contributed by atoms with van der Waals surface area (Å²) in [6.45, 7) is 0.244. The first kappa shape index (κ1) is 19.3. The van der Waals surface area contributed by atoms with E-state index < -0.39 is 18.2 Å². The molecule has 1 heterocycles. The molecule has 3 N–H and O–H groups in total. The predicted molar refractivity (Wildman–Crippen MR) is 90.6 cm³/mol. The van der Waals surface area contributed by atoms with E-state index in [1.165, 1.54) is 11.3 Å². The molecule has 0 amide bonds. The fourth-order valence-electron chi connectivity index (χ4n) is 2.75. The molecule has 1 fully saturated rings. The number of hydrogen-bond donors (Lipinski definition) is 3. The Kier molecular flexibility index (Phi) is 6.77. The third kappa shape index (κ3) is 5.53. The van der Waals surface area contributed by atoms with Crippen molar-refractivity contribution in [1.29, 1.82) is 0 Å². The second-order valence-corrected chi connectivity index (χ2v) is 7.59. The third-order valence-electron chi connectivity index (χ3n) is 4.14. The first-order valence-corrected chi connectivity index (χ1v) is 8.96. The van der Waals surface area contributed by atoms with Gasteiger partial charge < -0.3 is 15.7 Å². The average molecular weight is 384 g/mol. The van der Waals surface area contributed by atoms with Crippen LogP contribution in [0.5, 0.6) is 0 Å². The number of thiophene rings is 1. The van der Waals surface area contributed by atoms with Crippen LogP contribution < -0.4 is 10.6 Å². The number of alkyl halides is 3. The average Bonchev–Trinajstić information content (AvgIpc) is 2.97. The predicted octanol–water partition coefficient (Wildman–Crippen LogP) is 3.72. The van der Waals surface area contributed by atoms with E-state index in [1.807, 2.05) is 0 Å². The van der Waals surface area contributed by atoms with Gasteiger partial charge in [-0.2, -0.15) is 13.2 Å². The van der Waals surface area contributed by atoms with Gasteiger partial charge in [-0.3, -0.25) is 4.99 Å². The lowest BCUT2D eigenvalue weighted by Crippen LogP contribution is -2.46. The molecule has 0 aliphatic heterocycles. The second kappa shape index (κ2) is 8.40. The molecule has 1 aromatic heterocycles. The fourth-order valence-corrected chi connectivity index (χ4v) is 3.80. The van der Waals surface area contributed by atoms with Crippen molar-refractivity contribution >= 4 is 28.9 Å². The first-order valence-electron chi connectivity index (χ1n) is 7.76. The highest BCUT2D eigenvalue weighted by Gasteiger charge is 2.41. The summed E-state index contributed by atoms with van der Waals surface area (Å²) in [5.41, 5.74) is 0. The van der Waals surface area contributed by atoms with Crippen molar-refractivity contribution in [3.05, 3.63) is 21.3 Å². The standard InChI is InChI=1S/C15H21ClF3N3OS/c1-20-14(21-8-11(23)12-6-7-13(16)24-12)22-10-4-2-9(3-5-10)15(17,18)19/h6-7,9-11,23H,2-5,8H2,1H3,(H2,20,21,22). The molecule has 0 saturated heterocycles. The molecule has 1 aromatic rings. The van der Waals surface area contributed by atoms with Crippen LogP contribution in [0.2, 0.25) is 4.34 Å². The highest BCUT2D eigenvalue weighted by Crippen LogP contribution is 2.37. The minimum absolute atomic E-state index is 0.0388. The number of aliphatic hydroxyl groups excluding tert-OH is 1. The van der Waals surface area contributed by atoms with E-state index in [0.717, 1.165) is 4.88 Å². The van der Waals surface area contributed by atoms with Crippen LogP contribution in [0, 0.1) is 5.92 Å². The lowest BCUT2D eigenvalue weighted by Gasteiger charge is -2.31. The maximum absolute atomic E-state index is 12.7. The van der Waals surface area contributed by atoms with E-state index in [1.54, 1.807) is 19.2 Å². The maximum atomic E-state index is 12.7. The Balaban J connectivity index is 1.77. The summed E-state index contributed by atoms with van der Waals surface area (Å²) in [5, 5.41) is 16.2. The lowest BCUT2D eigenvalue weighted by atomic mass is 9.85. The Bertz CT molecular complexity index is 556. The van der Waals surface area contributed by atoms with E-state index in [9.17, 15) is 18.3 Å². The molecule has 0 spiro atoms. The Hall–Kier alpha value is -0.990. The van der Waals surface area contributed by atoms with Crippen molar-refractivity contribution in [1.82, 2.24) is 10.6 Å². The molecule has 1 saturated carbocycles. The SMILES string of the molecule is CN=C(NCC(O)c1ccc(Cl)s1)NC1CCC(C(F)(F)F)CC1. The molecule has 1 atom stereocenters. The van der Waals surface area contributed by atoms with Crippen molar-refractivity contribution in [3.63, 3.8) is 0 Å². The number of rotatable bonds is 4. The summed E-state index contributed by atoms with van der Waals surface area (Å²) >= 11 is 7.14. The summed E-state index contributed by atoms with van der Waals surface area (Å²) in [4.78, 5) is 4.80. The zero-order valence-electron chi connectivity index (χ0n) is 13.2. The summed E-state index contributed by atoms with van der Waals surface area (Å²) in [6, 6.07) is 3.44. The Morgan fingerprint density at radius 3 is 2.54 bits per heavy atom. The van der Waals surface area contributed by atoms with Crippen molar-refractivity contribution in [2.24, 2.45) is 10.9 Å². The molecule has 2 rings (SSSR count). The molecule has 9 heteroatoms. The number of nitrogens with one attached hydrogen (secondary N) is 2. The quantitative estimate of drug-likeness (QED) is 0.548. The van der Waals surface area contributed by atoms with Gasteiger partial charge in [0, 0.05) is 24.5 Å². The highest BCUT2D eigenvalue weighted by atomic mass is 35.5. The maximum Gasteiger partial charge on any atom is 0.391 e. The van der Waals surface area contributed by atoms with Crippen LogP contribution in [-0.4, -0.2) is 36.9 Å². The second-order valence-electron chi connectivity index (χ2n) is 5.85. The number of nitrogens with zero attached hydrogens (tertiary/aromatic N) is 1. The number of guanidine groups is 1. The van der Waals surface area contributed by atoms with Crippen molar-refractivity contribution < 1.29 is 18.3 Å². The van der Waals surface area contributed by atoms with Crippen LogP contribution in [0.1, 0.15) is 36.7 Å². The van der Waals surface area contributed by atoms with Gasteiger partial charge in [0.1, 0.15) is 6.10 Å². The summed E-state index contributed by atoms with van der Waals surface area (Å²) in [6.07, 6.45) is -3.65. The summed E-state index contributed by atoms with van der Waals surface area (Å²) in [7, 11) is 1.59. The minimum atomic E-state index is -4.10. The Morgan fingerprint density at radius 2 is 2.04 bits per heavy atom. The van der Waals surface area contributed by atoms with Gasteiger partial charge in [0.2, 0.25) is 0 Å². The van der Waals surface area contributed by atoms with Gasteiger partial charge in [0.25, 0.3) is 0 Å². The van der Waals surface area contributed by atoms with Crippen LogP contribution >= 0.6 is 22.9 Å². The van der Waals surface area contributed by atoms with Crippen molar-refractivity contribution in [2.75, 3.05) is 13.6 Å². The zero-order valence-corrected chi connectivity index (χ0v) is 14.8. The number of halogens is 4. The monoisotopic (exact) mass is 383 g/mol. The van der Waals surface area contributed by atoms with Crippen LogP contribution in [0.25, 0.3) is 0 Å². The Labute approximate surface area is 148 Å². The van der Waals surface area contributed by atoms with Gasteiger partial charge >= 0.3 is 6.18 Å². The molecule has 4 nitrogen and oxygen atoms in total. The minimum Gasteiger partial charge on any atom is -0.386 e. The number of aliphatic hydroxyl groups is 1. The van der Waals surface area contributed by atoms with E-state index in [2.05, 4.69) is 15.6 Å². The largest absolute Gasteiger partial charge is 0.391 e. The van der Waals surface area contributed by atoms with Gasteiger partial charge in [0.05, 0.1) is 10.3 Å². The molecule has 136 valence electrons. The topological polar surface area (TPSA) is 56.7 Å². The zero-order chi connectivity index (χ0) is 17.7. The van der Waals surface area contributed by atoms with E-state index in [0.29, 0.717) is 23.1 Å². The molecule has 0 bridgehead atoms. The Morgan fingerprint density at radius 1 is 1.38 bits per heavy atom. The van der Waals surface area contributed by atoms with Crippen LogP contribution in [0.15, 0.2) is 17.1 Å². The van der Waals surface area contributed by atoms with E-state index in [4.69, 9.17) is 11.6 Å². The van der Waals surface area contributed by atoms with Crippen LogP contribution in [0.4, 0.5) is 13.2 Å². The molecule has 0 aromatic carbocycles. The normalized spacial score (nSPS) is 23.8. The molecule has 1 aliphatic rings. The van der Waals surface area contributed by atoms with Gasteiger partial charge in [0.15, 0.2) is 5.96 Å². The third-order valence-corrected chi connectivity index (χ3v) is 5.47. The molecule has 1 aliphatic carbocycles.